The normalized spacial score (nSPS) is 10.7. The molecule has 0 fully saturated rings. The highest BCUT2D eigenvalue weighted by molar-refractivity contribution is 5.89. The van der Waals surface area contributed by atoms with Crippen molar-refractivity contribution in [2.24, 2.45) is 0 Å². The molecule has 0 atom stereocenters. The summed E-state index contributed by atoms with van der Waals surface area (Å²) in [4.78, 5) is 34.6. The standard InChI is InChI=1S/C24H20N2O5/c27-22(17-31-23(28)15-14-18-8-7-13-21(16-18)26(29)30)25-24(19-9-3-1-4-10-19)20-11-5-2-6-12-20/h1-16,24H,17H2,(H,25,27). The Morgan fingerprint density at radius 2 is 1.55 bits per heavy atom. The number of amides is 1. The van der Waals surface area contributed by atoms with E-state index < -0.39 is 23.4 Å². The van der Waals surface area contributed by atoms with Gasteiger partial charge in [0.25, 0.3) is 11.6 Å². The Morgan fingerprint density at radius 3 is 2.13 bits per heavy atom. The smallest absolute Gasteiger partial charge is 0.331 e. The number of benzene rings is 3. The van der Waals surface area contributed by atoms with Gasteiger partial charge in [-0.1, -0.05) is 72.8 Å². The second kappa shape index (κ2) is 10.5. The number of hydrogen-bond donors (Lipinski definition) is 1. The molecule has 0 saturated heterocycles. The number of nitrogens with zero attached hydrogens (tertiary/aromatic N) is 1. The molecule has 156 valence electrons. The molecule has 0 radical (unpaired) electrons. The highest BCUT2D eigenvalue weighted by Gasteiger charge is 2.17. The molecule has 1 N–H and O–H groups in total. The molecule has 0 aromatic heterocycles. The molecule has 0 aliphatic rings. The second-order valence-corrected chi connectivity index (χ2v) is 6.62. The third kappa shape index (κ3) is 6.37. The Balaban J connectivity index is 1.59. The third-order valence-electron chi connectivity index (χ3n) is 4.41. The summed E-state index contributed by atoms with van der Waals surface area (Å²) in [5.41, 5.74) is 2.20. The summed E-state index contributed by atoms with van der Waals surface area (Å²) in [5.74, 6) is -1.17. The molecule has 3 aromatic rings. The Labute approximate surface area is 179 Å². The summed E-state index contributed by atoms with van der Waals surface area (Å²) in [6.07, 6.45) is 2.52. The summed E-state index contributed by atoms with van der Waals surface area (Å²) in [6, 6.07) is 24.4. The summed E-state index contributed by atoms with van der Waals surface area (Å²) >= 11 is 0. The zero-order valence-electron chi connectivity index (χ0n) is 16.5. The number of non-ortho nitro benzene ring substituents is 1. The maximum Gasteiger partial charge on any atom is 0.331 e. The summed E-state index contributed by atoms with van der Waals surface area (Å²) in [6.45, 7) is -0.450. The van der Waals surface area contributed by atoms with Gasteiger partial charge in [-0.3, -0.25) is 14.9 Å². The predicted octanol–water partition coefficient (Wildman–Crippen LogP) is 4.06. The molecule has 1 amide bonds. The van der Waals surface area contributed by atoms with Crippen LogP contribution in [-0.2, 0) is 14.3 Å². The molecule has 0 bridgehead atoms. The van der Waals surface area contributed by atoms with Crippen LogP contribution in [0.4, 0.5) is 5.69 Å². The molecule has 0 saturated carbocycles. The van der Waals surface area contributed by atoms with Gasteiger partial charge in [0.2, 0.25) is 0 Å². The number of nitrogens with one attached hydrogen (secondary N) is 1. The second-order valence-electron chi connectivity index (χ2n) is 6.62. The van der Waals surface area contributed by atoms with Crippen molar-refractivity contribution in [1.29, 1.82) is 0 Å². The fraction of sp³-hybridized carbons (Fsp3) is 0.0833. The van der Waals surface area contributed by atoms with E-state index in [9.17, 15) is 19.7 Å². The van der Waals surface area contributed by atoms with Crippen molar-refractivity contribution in [3.8, 4) is 0 Å². The minimum Gasteiger partial charge on any atom is -0.452 e. The first-order chi connectivity index (χ1) is 15.0. The van der Waals surface area contributed by atoms with E-state index in [2.05, 4.69) is 5.32 Å². The lowest BCUT2D eigenvalue weighted by Crippen LogP contribution is -2.32. The van der Waals surface area contributed by atoms with Crippen molar-refractivity contribution >= 4 is 23.6 Å². The molecule has 0 spiro atoms. The van der Waals surface area contributed by atoms with Gasteiger partial charge in [-0.15, -0.1) is 0 Å². The van der Waals surface area contributed by atoms with Crippen LogP contribution in [-0.4, -0.2) is 23.4 Å². The van der Waals surface area contributed by atoms with Gasteiger partial charge in [0, 0.05) is 18.2 Å². The van der Waals surface area contributed by atoms with Crippen LogP contribution >= 0.6 is 0 Å². The monoisotopic (exact) mass is 416 g/mol. The average molecular weight is 416 g/mol. The molecule has 0 heterocycles. The minimum absolute atomic E-state index is 0.0808. The van der Waals surface area contributed by atoms with E-state index in [-0.39, 0.29) is 11.7 Å². The first-order valence-corrected chi connectivity index (χ1v) is 9.51. The molecular weight excluding hydrogens is 396 g/mol. The fourth-order valence-corrected chi connectivity index (χ4v) is 2.94. The van der Waals surface area contributed by atoms with E-state index in [4.69, 9.17) is 4.74 Å². The number of nitro groups is 1. The van der Waals surface area contributed by atoms with E-state index >= 15 is 0 Å². The lowest BCUT2D eigenvalue weighted by molar-refractivity contribution is -0.384. The molecule has 7 heteroatoms. The van der Waals surface area contributed by atoms with Gasteiger partial charge in [-0.25, -0.2) is 4.79 Å². The van der Waals surface area contributed by atoms with Crippen LogP contribution in [0.3, 0.4) is 0 Å². The molecule has 0 unspecified atom stereocenters. The maximum absolute atomic E-state index is 12.4. The zero-order chi connectivity index (χ0) is 22.1. The van der Waals surface area contributed by atoms with Gasteiger partial charge in [-0.05, 0) is 22.8 Å². The Kier molecular flexibility index (Phi) is 7.26. The van der Waals surface area contributed by atoms with Gasteiger partial charge in [0.1, 0.15) is 0 Å². The molecule has 7 nitrogen and oxygen atoms in total. The molecule has 0 aliphatic heterocycles. The van der Waals surface area contributed by atoms with Gasteiger partial charge in [-0.2, -0.15) is 0 Å². The summed E-state index contributed by atoms with van der Waals surface area (Å²) in [7, 11) is 0. The van der Waals surface area contributed by atoms with E-state index in [1.807, 2.05) is 60.7 Å². The van der Waals surface area contributed by atoms with Crippen molar-refractivity contribution in [2.75, 3.05) is 6.61 Å². The van der Waals surface area contributed by atoms with Crippen LogP contribution < -0.4 is 5.32 Å². The number of esters is 1. The van der Waals surface area contributed by atoms with Crippen LogP contribution in [0, 0.1) is 10.1 Å². The lowest BCUT2D eigenvalue weighted by atomic mass is 9.99. The van der Waals surface area contributed by atoms with Crippen LogP contribution in [0.1, 0.15) is 22.7 Å². The number of nitro benzene ring substituents is 1. The van der Waals surface area contributed by atoms with E-state index in [0.29, 0.717) is 5.56 Å². The van der Waals surface area contributed by atoms with Crippen LogP contribution in [0.25, 0.3) is 6.08 Å². The van der Waals surface area contributed by atoms with Crippen molar-refractivity contribution in [3.05, 3.63) is 118 Å². The topological polar surface area (TPSA) is 98.5 Å². The SMILES string of the molecule is O=C(COC(=O)C=Cc1cccc([N+](=O)[O-])c1)NC(c1ccccc1)c1ccccc1. The van der Waals surface area contributed by atoms with Gasteiger partial charge < -0.3 is 10.1 Å². The molecule has 31 heavy (non-hydrogen) atoms. The molecular formula is C24H20N2O5. The van der Waals surface area contributed by atoms with Gasteiger partial charge >= 0.3 is 5.97 Å². The van der Waals surface area contributed by atoms with Crippen LogP contribution in [0.15, 0.2) is 91.0 Å². The summed E-state index contributed by atoms with van der Waals surface area (Å²) in [5, 5.41) is 13.7. The van der Waals surface area contributed by atoms with Gasteiger partial charge in [0.05, 0.1) is 11.0 Å². The first kappa shape index (κ1) is 21.4. The zero-order valence-corrected chi connectivity index (χ0v) is 16.5. The predicted molar refractivity (Wildman–Crippen MR) is 116 cm³/mol. The number of carbonyl (C=O) groups excluding carboxylic acids is 2. The highest BCUT2D eigenvalue weighted by atomic mass is 16.6. The Morgan fingerprint density at radius 1 is 0.935 bits per heavy atom. The average Bonchev–Trinajstić information content (AvgIpc) is 2.81. The maximum atomic E-state index is 12.4. The molecule has 0 aliphatic carbocycles. The third-order valence-corrected chi connectivity index (χ3v) is 4.41. The number of rotatable bonds is 8. The van der Waals surface area contributed by atoms with E-state index in [0.717, 1.165) is 17.2 Å². The van der Waals surface area contributed by atoms with E-state index in [1.165, 1.54) is 24.3 Å². The quantitative estimate of drug-likeness (QED) is 0.258. The van der Waals surface area contributed by atoms with Crippen molar-refractivity contribution < 1.29 is 19.2 Å². The van der Waals surface area contributed by atoms with Crippen LogP contribution in [0.5, 0.6) is 0 Å². The minimum atomic E-state index is -0.724. The number of carbonyl (C=O) groups is 2. The highest BCUT2D eigenvalue weighted by Crippen LogP contribution is 2.21. The Bertz CT molecular complexity index is 1040. The first-order valence-electron chi connectivity index (χ1n) is 9.51. The fourth-order valence-electron chi connectivity index (χ4n) is 2.94. The molecule has 3 aromatic carbocycles. The number of ether oxygens (including phenoxy) is 1. The molecule has 3 rings (SSSR count). The number of hydrogen-bond acceptors (Lipinski definition) is 5. The summed E-state index contributed by atoms with van der Waals surface area (Å²) < 4.78 is 5.00. The lowest BCUT2D eigenvalue weighted by Gasteiger charge is -2.19. The van der Waals surface area contributed by atoms with Crippen LogP contribution in [0.2, 0.25) is 0 Å². The van der Waals surface area contributed by atoms with Crippen molar-refractivity contribution in [2.45, 2.75) is 6.04 Å². The van der Waals surface area contributed by atoms with E-state index in [1.54, 1.807) is 6.07 Å². The Hall–Kier alpha value is -4.26. The van der Waals surface area contributed by atoms with Crippen molar-refractivity contribution in [3.63, 3.8) is 0 Å². The largest absolute Gasteiger partial charge is 0.452 e. The van der Waals surface area contributed by atoms with Gasteiger partial charge in [0.15, 0.2) is 6.61 Å². The van der Waals surface area contributed by atoms with Crippen molar-refractivity contribution in [1.82, 2.24) is 5.32 Å².